The van der Waals surface area contributed by atoms with Gasteiger partial charge in [0, 0.05) is 25.3 Å². The highest BCUT2D eigenvalue weighted by molar-refractivity contribution is 7.89. The van der Waals surface area contributed by atoms with Gasteiger partial charge in [-0.3, -0.25) is 0 Å². The number of benzene rings is 1. The van der Waals surface area contributed by atoms with Gasteiger partial charge in [0.2, 0.25) is 10.0 Å². The van der Waals surface area contributed by atoms with Crippen molar-refractivity contribution in [1.29, 1.82) is 0 Å². The van der Waals surface area contributed by atoms with Crippen LogP contribution in [0.5, 0.6) is 0 Å². The molecule has 2 aromatic rings. The van der Waals surface area contributed by atoms with Crippen LogP contribution in [0.4, 0.5) is 0 Å². The minimum Gasteiger partial charge on any atom is -0.309 e. The minimum absolute atomic E-state index is 0.00240. The molecular weight excluding hydrogens is 322 g/mol. The normalized spacial score (nSPS) is 14.1. The standard InChI is InChI=1S/C15H16ClN3O2S/c1-10-2-5-14(15(16)19-10)22(20,21)18-7-11-3-4-12-8-17-9-13(12)6-11/h2-6,17-18H,7-9H2,1H3. The first-order valence-corrected chi connectivity index (χ1v) is 8.76. The lowest BCUT2D eigenvalue weighted by molar-refractivity contribution is 0.581. The van der Waals surface area contributed by atoms with Gasteiger partial charge in [-0.05, 0) is 35.7 Å². The molecule has 116 valence electrons. The average Bonchev–Trinajstić information content (AvgIpc) is 2.92. The second-order valence-corrected chi connectivity index (χ2v) is 7.37. The predicted octanol–water partition coefficient (Wildman–Crippen LogP) is 2.13. The lowest BCUT2D eigenvalue weighted by atomic mass is 10.1. The Labute approximate surface area is 134 Å². The van der Waals surface area contributed by atoms with Crippen LogP contribution in [-0.2, 0) is 29.7 Å². The van der Waals surface area contributed by atoms with Crippen LogP contribution in [0.2, 0.25) is 5.15 Å². The van der Waals surface area contributed by atoms with Gasteiger partial charge in [0.1, 0.15) is 10.0 Å². The number of halogens is 1. The number of rotatable bonds is 4. The average molecular weight is 338 g/mol. The molecule has 1 aliphatic rings. The largest absolute Gasteiger partial charge is 0.309 e. The Bertz CT molecular complexity index is 822. The summed E-state index contributed by atoms with van der Waals surface area (Å²) in [6, 6.07) is 9.08. The van der Waals surface area contributed by atoms with Crippen molar-refractivity contribution in [3.63, 3.8) is 0 Å². The molecule has 2 heterocycles. The van der Waals surface area contributed by atoms with Gasteiger partial charge in [-0.15, -0.1) is 0 Å². The van der Waals surface area contributed by atoms with E-state index < -0.39 is 10.0 Å². The van der Waals surface area contributed by atoms with Gasteiger partial charge in [0.05, 0.1) is 0 Å². The summed E-state index contributed by atoms with van der Waals surface area (Å²) >= 11 is 5.93. The molecule has 1 aliphatic heterocycles. The van der Waals surface area contributed by atoms with Crippen molar-refractivity contribution in [2.45, 2.75) is 31.5 Å². The van der Waals surface area contributed by atoms with Gasteiger partial charge >= 0.3 is 0 Å². The van der Waals surface area contributed by atoms with Gasteiger partial charge in [0.25, 0.3) is 0 Å². The van der Waals surface area contributed by atoms with Crippen LogP contribution in [0.15, 0.2) is 35.2 Å². The fourth-order valence-electron chi connectivity index (χ4n) is 2.43. The van der Waals surface area contributed by atoms with Gasteiger partial charge < -0.3 is 5.32 Å². The summed E-state index contributed by atoms with van der Waals surface area (Å²) in [7, 11) is -3.68. The van der Waals surface area contributed by atoms with E-state index in [1.54, 1.807) is 13.0 Å². The summed E-state index contributed by atoms with van der Waals surface area (Å²) in [5.41, 5.74) is 4.07. The molecule has 0 aliphatic carbocycles. The molecular formula is C15H16ClN3O2S. The zero-order valence-electron chi connectivity index (χ0n) is 12.1. The maximum atomic E-state index is 12.3. The lowest BCUT2D eigenvalue weighted by Crippen LogP contribution is -2.24. The zero-order chi connectivity index (χ0) is 15.7. The summed E-state index contributed by atoms with van der Waals surface area (Å²) in [5, 5.41) is 3.25. The first-order chi connectivity index (χ1) is 10.5. The van der Waals surface area contributed by atoms with Crippen LogP contribution >= 0.6 is 11.6 Å². The molecule has 0 spiro atoms. The summed E-state index contributed by atoms with van der Waals surface area (Å²) in [5.74, 6) is 0. The molecule has 1 aromatic carbocycles. The predicted molar refractivity (Wildman–Crippen MR) is 85.0 cm³/mol. The van der Waals surface area contributed by atoms with Crippen LogP contribution in [0.25, 0.3) is 0 Å². The van der Waals surface area contributed by atoms with Gasteiger partial charge in [0.15, 0.2) is 0 Å². The quantitative estimate of drug-likeness (QED) is 0.838. The maximum absolute atomic E-state index is 12.3. The highest BCUT2D eigenvalue weighted by Crippen LogP contribution is 2.20. The van der Waals surface area contributed by atoms with E-state index in [0.29, 0.717) is 5.69 Å². The third kappa shape index (κ3) is 3.15. The third-order valence-corrected chi connectivity index (χ3v) is 5.44. The molecule has 22 heavy (non-hydrogen) atoms. The number of fused-ring (bicyclic) bond motifs is 1. The Morgan fingerprint density at radius 2 is 2.00 bits per heavy atom. The summed E-state index contributed by atoms with van der Waals surface area (Å²) < 4.78 is 27.2. The van der Waals surface area contributed by atoms with Crippen LogP contribution in [0.1, 0.15) is 22.4 Å². The number of nitrogens with one attached hydrogen (secondary N) is 2. The molecule has 0 amide bonds. The molecule has 0 unspecified atom stereocenters. The van der Waals surface area contributed by atoms with Gasteiger partial charge in [-0.2, -0.15) is 0 Å². The number of hydrogen-bond donors (Lipinski definition) is 2. The number of nitrogens with zero attached hydrogens (tertiary/aromatic N) is 1. The van der Waals surface area contributed by atoms with E-state index in [4.69, 9.17) is 11.6 Å². The second-order valence-electron chi connectivity index (χ2n) is 5.27. The van der Waals surface area contributed by atoms with Crippen LogP contribution < -0.4 is 10.0 Å². The van der Waals surface area contributed by atoms with Gasteiger partial charge in [-0.1, -0.05) is 29.8 Å². The Kier molecular flexibility index (Phi) is 4.18. The molecule has 7 heteroatoms. The summed E-state index contributed by atoms with van der Waals surface area (Å²) in [4.78, 5) is 3.98. The first-order valence-electron chi connectivity index (χ1n) is 6.90. The topological polar surface area (TPSA) is 71.1 Å². The molecule has 5 nitrogen and oxygen atoms in total. The molecule has 0 radical (unpaired) electrons. The van der Waals surface area contributed by atoms with Crippen molar-refractivity contribution in [3.8, 4) is 0 Å². The smallest absolute Gasteiger partial charge is 0.243 e. The first kappa shape index (κ1) is 15.4. The molecule has 1 aromatic heterocycles. The van der Waals surface area contributed by atoms with Crippen molar-refractivity contribution < 1.29 is 8.42 Å². The minimum atomic E-state index is -3.68. The fraction of sp³-hybridized carbons (Fsp3) is 0.267. The van der Waals surface area contributed by atoms with E-state index in [9.17, 15) is 8.42 Å². The number of aryl methyl sites for hydroxylation is 1. The molecule has 0 bridgehead atoms. The van der Waals surface area contributed by atoms with Crippen molar-refractivity contribution in [2.75, 3.05) is 0 Å². The molecule has 0 atom stereocenters. The number of aromatic nitrogens is 1. The van der Waals surface area contributed by atoms with Crippen LogP contribution in [-0.4, -0.2) is 13.4 Å². The Hall–Kier alpha value is -1.47. The highest BCUT2D eigenvalue weighted by Gasteiger charge is 2.19. The lowest BCUT2D eigenvalue weighted by Gasteiger charge is -2.09. The number of pyridine rings is 1. The summed E-state index contributed by atoms with van der Waals surface area (Å²) in [6.45, 7) is 3.67. The Morgan fingerprint density at radius 1 is 1.23 bits per heavy atom. The SMILES string of the molecule is Cc1ccc(S(=O)(=O)NCc2ccc3c(c2)CNC3)c(Cl)n1. The highest BCUT2D eigenvalue weighted by atomic mass is 35.5. The monoisotopic (exact) mass is 337 g/mol. The van der Waals surface area contributed by atoms with Crippen molar-refractivity contribution in [2.24, 2.45) is 0 Å². The Balaban J connectivity index is 1.77. The number of sulfonamides is 1. The second kappa shape index (κ2) is 5.96. The third-order valence-electron chi connectivity index (χ3n) is 3.61. The van der Waals surface area contributed by atoms with E-state index in [2.05, 4.69) is 15.0 Å². The van der Waals surface area contributed by atoms with E-state index in [0.717, 1.165) is 18.7 Å². The van der Waals surface area contributed by atoms with Crippen molar-refractivity contribution >= 4 is 21.6 Å². The van der Waals surface area contributed by atoms with Crippen molar-refractivity contribution in [3.05, 3.63) is 57.9 Å². The van der Waals surface area contributed by atoms with Gasteiger partial charge in [-0.25, -0.2) is 18.1 Å². The Morgan fingerprint density at radius 3 is 2.77 bits per heavy atom. The zero-order valence-corrected chi connectivity index (χ0v) is 13.6. The van der Waals surface area contributed by atoms with E-state index in [-0.39, 0.29) is 16.6 Å². The maximum Gasteiger partial charge on any atom is 0.243 e. The molecule has 0 fully saturated rings. The molecule has 0 saturated heterocycles. The van der Waals surface area contributed by atoms with E-state index in [1.165, 1.54) is 17.2 Å². The molecule has 2 N–H and O–H groups in total. The summed E-state index contributed by atoms with van der Waals surface area (Å²) in [6.07, 6.45) is 0. The van der Waals surface area contributed by atoms with Crippen molar-refractivity contribution in [1.82, 2.24) is 15.0 Å². The number of hydrogen-bond acceptors (Lipinski definition) is 4. The molecule has 3 rings (SSSR count). The van der Waals surface area contributed by atoms with Crippen LogP contribution in [0.3, 0.4) is 0 Å². The van der Waals surface area contributed by atoms with Crippen LogP contribution in [0, 0.1) is 6.92 Å². The fourth-order valence-corrected chi connectivity index (χ4v) is 3.95. The molecule has 0 saturated carbocycles. The van der Waals surface area contributed by atoms with E-state index in [1.807, 2.05) is 18.2 Å². The van der Waals surface area contributed by atoms with E-state index >= 15 is 0 Å².